The van der Waals surface area contributed by atoms with Gasteiger partial charge in [-0.25, -0.2) is 9.59 Å². The molecule has 1 unspecified atom stereocenters. The maximum absolute atomic E-state index is 11.9. The molecule has 3 N–H and O–H groups in total. The second-order valence-corrected chi connectivity index (χ2v) is 5.72. The number of hydrogen-bond donors (Lipinski definition) is 3. The van der Waals surface area contributed by atoms with Crippen molar-refractivity contribution in [3.8, 4) is 0 Å². The summed E-state index contributed by atoms with van der Waals surface area (Å²) in [5, 5.41) is 14.5. The first kappa shape index (κ1) is 17.6. The molecule has 0 heterocycles. The predicted octanol–water partition coefficient (Wildman–Crippen LogP) is 2.76. The van der Waals surface area contributed by atoms with Crippen molar-refractivity contribution in [2.24, 2.45) is 0 Å². The summed E-state index contributed by atoms with van der Waals surface area (Å²) in [6.07, 6.45) is 0. The second-order valence-electron chi connectivity index (χ2n) is 4.88. The van der Waals surface area contributed by atoms with Crippen molar-refractivity contribution >= 4 is 40.9 Å². The first-order chi connectivity index (χ1) is 9.70. The Bertz CT molecular complexity index is 550. The number of benzene rings is 1. The van der Waals surface area contributed by atoms with E-state index in [2.05, 4.69) is 10.6 Å². The van der Waals surface area contributed by atoms with Gasteiger partial charge in [-0.05, 0) is 33.2 Å². The van der Waals surface area contributed by atoms with Crippen LogP contribution in [0.1, 0.15) is 17.3 Å². The Morgan fingerprint density at radius 1 is 1.33 bits per heavy atom. The number of amides is 2. The van der Waals surface area contributed by atoms with Gasteiger partial charge in [0.2, 0.25) is 0 Å². The van der Waals surface area contributed by atoms with Crippen molar-refractivity contribution in [2.75, 3.05) is 26.0 Å². The molecule has 116 valence electrons. The molecule has 0 aliphatic heterocycles. The summed E-state index contributed by atoms with van der Waals surface area (Å²) in [6.45, 7) is 2.48. The molecule has 0 bridgehead atoms. The molecule has 0 aromatic heterocycles. The van der Waals surface area contributed by atoms with Crippen molar-refractivity contribution in [1.82, 2.24) is 10.2 Å². The number of carbonyl (C=O) groups excluding carboxylic acids is 1. The van der Waals surface area contributed by atoms with Crippen molar-refractivity contribution in [3.05, 3.63) is 27.7 Å². The van der Waals surface area contributed by atoms with Crippen molar-refractivity contribution < 1.29 is 14.7 Å². The molecule has 0 saturated carbocycles. The van der Waals surface area contributed by atoms with Crippen LogP contribution in [-0.2, 0) is 0 Å². The standard InChI is InChI=1S/C13H17Cl2N3O3/c1-7(6-18(2)3)16-13(21)17-11-9(12(19)20)4-8(14)5-10(11)15/h4-5,7H,6H2,1-3H3,(H,19,20)(H2,16,17,21). The number of carboxylic acids is 1. The van der Waals surface area contributed by atoms with E-state index in [1.807, 2.05) is 25.9 Å². The molecule has 8 heteroatoms. The van der Waals surface area contributed by atoms with Gasteiger partial charge in [0, 0.05) is 17.6 Å². The van der Waals surface area contributed by atoms with Gasteiger partial charge in [-0.1, -0.05) is 23.2 Å². The summed E-state index contributed by atoms with van der Waals surface area (Å²) < 4.78 is 0. The van der Waals surface area contributed by atoms with Gasteiger partial charge in [0.1, 0.15) is 0 Å². The minimum atomic E-state index is -1.23. The second kappa shape index (κ2) is 7.49. The molecular formula is C13H17Cl2N3O3. The van der Waals surface area contributed by atoms with Crippen molar-refractivity contribution in [3.63, 3.8) is 0 Å². The fourth-order valence-corrected chi connectivity index (χ4v) is 2.38. The highest BCUT2D eigenvalue weighted by Gasteiger charge is 2.18. The van der Waals surface area contributed by atoms with Crippen LogP contribution in [0.25, 0.3) is 0 Å². The minimum absolute atomic E-state index is 0.0168. The van der Waals surface area contributed by atoms with Crippen LogP contribution in [0.5, 0.6) is 0 Å². The molecule has 21 heavy (non-hydrogen) atoms. The molecule has 1 rings (SSSR count). The molecule has 0 aliphatic carbocycles. The maximum atomic E-state index is 11.9. The lowest BCUT2D eigenvalue weighted by Crippen LogP contribution is -2.41. The number of nitrogens with one attached hydrogen (secondary N) is 2. The van der Waals surface area contributed by atoms with E-state index < -0.39 is 12.0 Å². The highest BCUT2D eigenvalue weighted by Crippen LogP contribution is 2.30. The Balaban J connectivity index is 2.87. The monoisotopic (exact) mass is 333 g/mol. The van der Waals surface area contributed by atoms with Gasteiger partial charge in [-0.2, -0.15) is 0 Å². The first-order valence-corrected chi connectivity index (χ1v) is 6.91. The normalized spacial score (nSPS) is 12.1. The van der Waals surface area contributed by atoms with E-state index in [4.69, 9.17) is 28.3 Å². The minimum Gasteiger partial charge on any atom is -0.478 e. The average molecular weight is 334 g/mol. The van der Waals surface area contributed by atoms with E-state index in [-0.39, 0.29) is 27.3 Å². The number of rotatable bonds is 5. The molecule has 2 amide bonds. The van der Waals surface area contributed by atoms with E-state index >= 15 is 0 Å². The molecular weight excluding hydrogens is 317 g/mol. The Morgan fingerprint density at radius 2 is 1.95 bits per heavy atom. The molecule has 1 atom stereocenters. The Labute approximate surface area is 133 Å². The molecule has 1 aromatic rings. The maximum Gasteiger partial charge on any atom is 0.337 e. The lowest BCUT2D eigenvalue weighted by molar-refractivity contribution is 0.0698. The van der Waals surface area contributed by atoms with Crippen LogP contribution in [0.4, 0.5) is 10.5 Å². The molecule has 0 aliphatic rings. The van der Waals surface area contributed by atoms with E-state index in [9.17, 15) is 9.59 Å². The van der Waals surface area contributed by atoms with Gasteiger partial charge in [0.15, 0.2) is 0 Å². The summed E-state index contributed by atoms with van der Waals surface area (Å²) >= 11 is 11.7. The van der Waals surface area contributed by atoms with Crippen LogP contribution in [0.2, 0.25) is 10.0 Å². The largest absolute Gasteiger partial charge is 0.478 e. The van der Waals surface area contributed by atoms with Gasteiger partial charge in [-0.15, -0.1) is 0 Å². The summed E-state index contributed by atoms with van der Waals surface area (Å²) in [5.41, 5.74) is -0.147. The van der Waals surface area contributed by atoms with Crippen LogP contribution >= 0.6 is 23.2 Å². The van der Waals surface area contributed by atoms with Crippen molar-refractivity contribution in [1.29, 1.82) is 0 Å². The number of urea groups is 1. The molecule has 0 radical (unpaired) electrons. The van der Waals surface area contributed by atoms with Crippen molar-refractivity contribution in [2.45, 2.75) is 13.0 Å². The predicted molar refractivity (Wildman–Crippen MR) is 83.6 cm³/mol. The fraction of sp³-hybridized carbons (Fsp3) is 0.385. The van der Waals surface area contributed by atoms with Crippen LogP contribution in [0, 0.1) is 0 Å². The molecule has 6 nitrogen and oxygen atoms in total. The van der Waals surface area contributed by atoms with E-state index in [0.717, 1.165) is 0 Å². The van der Waals surface area contributed by atoms with Gasteiger partial charge in [-0.3, -0.25) is 0 Å². The van der Waals surface area contributed by atoms with Crippen LogP contribution in [-0.4, -0.2) is 48.7 Å². The first-order valence-electron chi connectivity index (χ1n) is 6.15. The summed E-state index contributed by atoms with van der Waals surface area (Å²) in [4.78, 5) is 25.0. The van der Waals surface area contributed by atoms with E-state index in [1.54, 1.807) is 0 Å². The summed E-state index contributed by atoms with van der Waals surface area (Å²) in [6, 6.07) is 1.96. The smallest absolute Gasteiger partial charge is 0.337 e. The molecule has 0 spiro atoms. The zero-order chi connectivity index (χ0) is 16.2. The number of aromatic carboxylic acids is 1. The van der Waals surface area contributed by atoms with Crippen LogP contribution in [0.15, 0.2) is 12.1 Å². The highest BCUT2D eigenvalue weighted by atomic mass is 35.5. The number of carbonyl (C=O) groups is 2. The quantitative estimate of drug-likeness (QED) is 0.773. The molecule has 1 aromatic carbocycles. The third-order valence-electron chi connectivity index (χ3n) is 2.54. The Kier molecular flexibility index (Phi) is 6.26. The number of carboxylic acid groups (broad SMARTS) is 1. The topological polar surface area (TPSA) is 81.7 Å². The Hall–Kier alpha value is -1.50. The number of halogens is 2. The third-order valence-corrected chi connectivity index (χ3v) is 3.06. The van der Waals surface area contributed by atoms with E-state index in [1.165, 1.54) is 12.1 Å². The highest BCUT2D eigenvalue weighted by molar-refractivity contribution is 6.37. The average Bonchev–Trinajstić information content (AvgIpc) is 2.30. The van der Waals surface area contributed by atoms with Crippen LogP contribution in [0.3, 0.4) is 0 Å². The van der Waals surface area contributed by atoms with E-state index in [0.29, 0.717) is 6.54 Å². The van der Waals surface area contributed by atoms with Gasteiger partial charge < -0.3 is 20.6 Å². The zero-order valence-corrected chi connectivity index (χ0v) is 13.4. The third kappa shape index (κ3) is 5.41. The van der Waals surface area contributed by atoms with Gasteiger partial charge >= 0.3 is 12.0 Å². The molecule has 0 fully saturated rings. The number of hydrogen-bond acceptors (Lipinski definition) is 3. The summed E-state index contributed by atoms with van der Waals surface area (Å²) in [5.74, 6) is -1.23. The van der Waals surface area contributed by atoms with Crippen LogP contribution < -0.4 is 10.6 Å². The lowest BCUT2D eigenvalue weighted by atomic mass is 10.2. The lowest BCUT2D eigenvalue weighted by Gasteiger charge is -2.19. The fourth-order valence-electron chi connectivity index (χ4n) is 1.84. The van der Waals surface area contributed by atoms with Gasteiger partial charge in [0.05, 0.1) is 16.3 Å². The van der Waals surface area contributed by atoms with Gasteiger partial charge in [0.25, 0.3) is 0 Å². The number of nitrogens with zero attached hydrogens (tertiary/aromatic N) is 1. The SMILES string of the molecule is CC(CN(C)C)NC(=O)Nc1c(Cl)cc(Cl)cc1C(=O)O. The number of anilines is 1. The zero-order valence-electron chi connectivity index (χ0n) is 11.9. The Morgan fingerprint density at radius 3 is 2.48 bits per heavy atom. The number of likely N-dealkylation sites (N-methyl/N-ethyl adjacent to an activating group) is 1. The molecule has 0 saturated heterocycles. The summed E-state index contributed by atoms with van der Waals surface area (Å²) in [7, 11) is 3.77.